The molecule has 0 unspecified atom stereocenters. The van der Waals surface area contributed by atoms with Crippen molar-refractivity contribution in [3.8, 4) is 5.75 Å². The number of benzene rings is 1. The van der Waals surface area contributed by atoms with Crippen LogP contribution in [-0.4, -0.2) is 46.3 Å². The highest BCUT2D eigenvalue weighted by Crippen LogP contribution is 2.23. The molecule has 8 nitrogen and oxygen atoms in total. The summed E-state index contributed by atoms with van der Waals surface area (Å²) in [4.78, 5) is 39.7. The average molecular weight is 432 g/mol. The van der Waals surface area contributed by atoms with Crippen molar-refractivity contribution in [1.82, 2.24) is 14.9 Å². The maximum atomic E-state index is 13.8. The van der Waals surface area contributed by atoms with Gasteiger partial charge in [0.05, 0.1) is 0 Å². The largest absolute Gasteiger partial charge is 0.502 e. The first-order chi connectivity index (χ1) is 14.9. The molecule has 2 bridgehead atoms. The topological polar surface area (TPSA) is 94.9 Å². The molecule has 2 aliphatic heterocycles. The lowest BCUT2D eigenvalue weighted by Crippen LogP contribution is -2.54. The minimum atomic E-state index is -0.978. The van der Waals surface area contributed by atoms with Crippen molar-refractivity contribution in [2.75, 3.05) is 24.8 Å². The lowest BCUT2D eigenvalue weighted by molar-refractivity contribution is 0.0687. The van der Waals surface area contributed by atoms with E-state index in [1.54, 1.807) is 9.91 Å². The van der Waals surface area contributed by atoms with Gasteiger partial charge in [-0.3, -0.25) is 24.1 Å². The van der Waals surface area contributed by atoms with Gasteiger partial charge in [-0.05, 0) is 18.9 Å². The van der Waals surface area contributed by atoms with Crippen molar-refractivity contribution in [2.24, 2.45) is 0 Å². The monoisotopic (exact) mass is 432 g/mol. The van der Waals surface area contributed by atoms with Crippen LogP contribution in [0.15, 0.2) is 29.2 Å². The fourth-order valence-electron chi connectivity index (χ4n) is 3.89. The van der Waals surface area contributed by atoms with Crippen molar-refractivity contribution in [3.63, 3.8) is 0 Å². The molecule has 1 saturated heterocycles. The maximum Gasteiger partial charge on any atom is 0.277 e. The number of fused-ring (bicyclic) bond motifs is 4. The summed E-state index contributed by atoms with van der Waals surface area (Å²) in [5, 5.41) is 14.7. The second kappa shape index (κ2) is 8.37. The molecule has 31 heavy (non-hydrogen) atoms. The Balaban J connectivity index is 1.65. The number of nitrogens with zero attached hydrogens (tertiary/aromatic N) is 3. The summed E-state index contributed by atoms with van der Waals surface area (Å²) in [6, 6.07) is 2.95. The normalized spacial score (nSPS) is 16.3. The van der Waals surface area contributed by atoms with Gasteiger partial charge in [0.25, 0.3) is 11.8 Å². The third-order valence-corrected chi connectivity index (χ3v) is 5.59. The van der Waals surface area contributed by atoms with Crippen LogP contribution in [0.4, 0.5) is 8.78 Å². The summed E-state index contributed by atoms with van der Waals surface area (Å²) in [7, 11) is 0. The van der Waals surface area contributed by atoms with E-state index in [2.05, 4.69) is 5.32 Å². The van der Waals surface area contributed by atoms with Crippen molar-refractivity contribution in [1.29, 1.82) is 0 Å². The molecular weight excluding hydrogens is 410 g/mol. The van der Waals surface area contributed by atoms with Gasteiger partial charge < -0.3 is 15.3 Å². The van der Waals surface area contributed by atoms with E-state index in [0.717, 1.165) is 31.7 Å². The first kappa shape index (κ1) is 20.8. The standard InChI is InChI=1S/C21H22F2N4O4/c22-14-6-5-13(16(23)9-14)10-24-20(30)15-11-27-17(19(29)18(15)28)21(31)25-7-3-1-2-4-8-26(27)12-25/h5-6,9,11,29H,1-4,7-8,10,12H2,(H,24,30). The summed E-state index contributed by atoms with van der Waals surface area (Å²) >= 11 is 0. The second-order valence-electron chi connectivity index (χ2n) is 7.69. The number of hydrogen-bond acceptors (Lipinski definition) is 5. The Morgan fingerprint density at radius 2 is 1.84 bits per heavy atom. The molecule has 2 N–H and O–H groups in total. The van der Waals surface area contributed by atoms with Crippen molar-refractivity contribution >= 4 is 11.8 Å². The summed E-state index contributed by atoms with van der Waals surface area (Å²) in [5.41, 5.74) is -1.47. The lowest BCUT2D eigenvalue weighted by Gasteiger charge is -2.39. The third kappa shape index (κ3) is 3.97. The van der Waals surface area contributed by atoms with E-state index in [1.165, 1.54) is 16.9 Å². The van der Waals surface area contributed by atoms with Crippen LogP contribution in [0, 0.1) is 11.6 Å². The van der Waals surface area contributed by atoms with Crippen molar-refractivity contribution in [2.45, 2.75) is 32.2 Å². The number of aromatic nitrogens is 1. The Morgan fingerprint density at radius 1 is 1.10 bits per heavy atom. The molecule has 0 spiro atoms. The Bertz CT molecular complexity index is 1100. The van der Waals surface area contributed by atoms with Gasteiger partial charge in [-0.1, -0.05) is 18.9 Å². The molecular formula is C21H22F2N4O4. The number of aromatic hydroxyl groups is 1. The van der Waals surface area contributed by atoms with Gasteiger partial charge in [-0.2, -0.15) is 0 Å². The highest BCUT2D eigenvalue weighted by molar-refractivity contribution is 5.99. The number of amides is 2. The quantitative estimate of drug-likeness (QED) is 0.770. The zero-order valence-corrected chi connectivity index (χ0v) is 16.7. The van der Waals surface area contributed by atoms with Crippen LogP contribution in [0.5, 0.6) is 5.75 Å². The van der Waals surface area contributed by atoms with E-state index in [0.29, 0.717) is 19.2 Å². The number of pyridine rings is 1. The number of carbonyl (C=O) groups excluding carboxylic acids is 2. The van der Waals surface area contributed by atoms with Crippen LogP contribution in [0.1, 0.15) is 52.1 Å². The van der Waals surface area contributed by atoms with Gasteiger partial charge in [-0.15, -0.1) is 0 Å². The second-order valence-corrected chi connectivity index (χ2v) is 7.69. The third-order valence-electron chi connectivity index (χ3n) is 5.59. The summed E-state index contributed by atoms with van der Waals surface area (Å²) in [6.07, 6.45) is 4.90. The van der Waals surface area contributed by atoms with E-state index in [9.17, 15) is 28.3 Å². The molecule has 2 aromatic rings. The van der Waals surface area contributed by atoms with Crippen LogP contribution < -0.4 is 15.8 Å². The van der Waals surface area contributed by atoms with Crippen LogP contribution >= 0.6 is 0 Å². The van der Waals surface area contributed by atoms with E-state index in [4.69, 9.17) is 0 Å². The molecule has 0 aliphatic carbocycles. The van der Waals surface area contributed by atoms with Gasteiger partial charge >= 0.3 is 0 Å². The number of carbonyl (C=O) groups is 2. The highest BCUT2D eigenvalue weighted by atomic mass is 19.1. The summed E-state index contributed by atoms with van der Waals surface area (Å²) < 4.78 is 28.2. The molecule has 2 amide bonds. The molecule has 1 fully saturated rings. The van der Waals surface area contributed by atoms with E-state index < -0.39 is 34.6 Å². The predicted octanol–water partition coefficient (Wildman–Crippen LogP) is 1.69. The number of hydrogen-bond donors (Lipinski definition) is 2. The molecule has 4 rings (SSSR count). The molecule has 10 heteroatoms. The van der Waals surface area contributed by atoms with Crippen molar-refractivity contribution < 1.29 is 23.5 Å². The zero-order valence-electron chi connectivity index (χ0n) is 16.7. The smallest absolute Gasteiger partial charge is 0.277 e. The van der Waals surface area contributed by atoms with Gasteiger partial charge in [0.1, 0.15) is 23.9 Å². The van der Waals surface area contributed by atoms with Gasteiger partial charge in [-0.25, -0.2) is 8.78 Å². The molecule has 1 aromatic carbocycles. The molecule has 2 aliphatic rings. The van der Waals surface area contributed by atoms with E-state index in [-0.39, 0.29) is 30.0 Å². The Hall–Kier alpha value is -3.43. The summed E-state index contributed by atoms with van der Waals surface area (Å²) in [6.45, 7) is 1.12. The number of nitrogens with one attached hydrogen (secondary N) is 1. The fourth-order valence-corrected chi connectivity index (χ4v) is 3.89. The molecule has 1 aromatic heterocycles. The molecule has 0 atom stereocenters. The number of halogens is 2. The average Bonchev–Trinajstić information content (AvgIpc) is 2.84. The highest BCUT2D eigenvalue weighted by Gasteiger charge is 2.34. The van der Waals surface area contributed by atoms with Gasteiger partial charge in [0, 0.05) is 37.5 Å². The van der Waals surface area contributed by atoms with Crippen molar-refractivity contribution in [3.05, 3.63) is 63.1 Å². The van der Waals surface area contributed by atoms with E-state index >= 15 is 0 Å². The molecule has 0 radical (unpaired) electrons. The first-order valence-corrected chi connectivity index (χ1v) is 10.1. The van der Waals surface area contributed by atoms with Crippen LogP contribution in [0.25, 0.3) is 0 Å². The summed E-state index contributed by atoms with van der Waals surface area (Å²) in [5.74, 6) is -3.66. The van der Waals surface area contributed by atoms with Crippen LogP contribution in [-0.2, 0) is 6.54 Å². The minimum absolute atomic E-state index is 0.0443. The Kier molecular flexibility index (Phi) is 5.62. The van der Waals surface area contributed by atoms with Crippen LogP contribution in [0.3, 0.4) is 0 Å². The zero-order chi connectivity index (χ0) is 22.1. The maximum absolute atomic E-state index is 13.8. The van der Waals surface area contributed by atoms with Gasteiger partial charge in [0.15, 0.2) is 11.4 Å². The molecule has 3 heterocycles. The van der Waals surface area contributed by atoms with Gasteiger partial charge in [0.2, 0.25) is 5.43 Å². The molecule has 0 saturated carbocycles. The van der Waals surface area contributed by atoms with Crippen LogP contribution in [0.2, 0.25) is 0 Å². The Labute approximate surface area is 176 Å². The number of rotatable bonds is 3. The lowest BCUT2D eigenvalue weighted by atomic mass is 10.1. The SMILES string of the molecule is O=C(NCc1ccc(F)cc1F)c1cn2c(c(O)c1=O)C(=O)N1CCCCCCN2C1. The first-order valence-electron chi connectivity index (χ1n) is 10.1. The Morgan fingerprint density at radius 3 is 2.58 bits per heavy atom. The van der Waals surface area contributed by atoms with E-state index in [1.807, 2.05) is 0 Å². The fraction of sp³-hybridized carbons (Fsp3) is 0.381. The molecule has 164 valence electrons. The predicted molar refractivity (Wildman–Crippen MR) is 107 cm³/mol. The minimum Gasteiger partial charge on any atom is -0.502 e.